The quantitative estimate of drug-likeness (QED) is 0.327. The Hall–Kier alpha value is -2.29. The van der Waals surface area contributed by atoms with Crippen LogP contribution in [0.5, 0.6) is 0 Å². The summed E-state index contributed by atoms with van der Waals surface area (Å²) < 4.78 is 1.42. The molecule has 2 aliphatic carbocycles. The van der Waals surface area contributed by atoms with E-state index >= 15 is 0 Å². The molecule has 0 bridgehead atoms. The first kappa shape index (κ1) is 15.3. The molecule has 5 rings (SSSR count). The van der Waals surface area contributed by atoms with Gasteiger partial charge in [0.2, 0.25) is 4.21 Å². The molecule has 0 spiro atoms. The molecule has 0 saturated heterocycles. The molecule has 2 heteroatoms. The van der Waals surface area contributed by atoms with Crippen molar-refractivity contribution < 1.29 is 0 Å². The maximum absolute atomic E-state index is 2.23. The number of benzene rings is 3. The molecule has 1 heterocycles. The second-order valence-electron chi connectivity index (χ2n) is 5.44. The lowest BCUT2D eigenvalue weighted by Crippen LogP contribution is -2.02. The van der Waals surface area contributed by atoms with Gasteiger partial charge in [0.25, 0.3) is 0 Å². The largest absolute Gasteiger partial charge is 0.220 e. The first-order chi connectivity index (χ1) is 11.9. The Labute approximate surface area is 149 Å². The molecule has 0 nitrogen and oxygen atoms in total. The summed E-state index contributed by atoms with van der Waals surface area (Å²) in [5.74, 6) is 0. The number of fused-ring (bicyclic) bond motifs is 1. The van der Waals surface area contributed by atoms with E-state index in [-0.39, 0.29) is 10.9 Å². The zero-order chi connectivity index (χ0) is 16.2. The highest BCUT2D eigenvalue weighted by Crippen LogP contribution is 2.33. The van der Waals surface area contributed by atoms with E-state index in [0.717, 1.165) is 0 Å². The molecule has 0 atom stereocenters. The van der Waals surface area contributed by atoms with Crippen molar-refractivity contribution in [3.05, 3.63) is 102 Å². The SMILES string of the molecule is c1cc2ccc1-2.c1ccc([S+](c2ccccc2)c2cccs2)cc1. The Morgan fingerprint density at radius 3 is 1.33 bits per heavy atom. The standard InChI is InChI=1S/C16H13S2.C6H4/c1-3-8-14(9-4-1)18(16-12-7-13-17-16)15-10-5-2-6-11-15;1-2-6-4-3-5(1)6/h1-13H;1-4H/q+1;. The van der Waals surface area contributed by atoms with Crippen LogP contribution in [0, 0.1) is 0 Å². The molecule has 0 radical (unpaired) electrons. The maximum Gasteiger partial charge on any atom is 0.220 e. The number of hydrogen-bond acceptors (Lipinski definition) is 1. The van der Waals surface area contributed by atoms with E-state index in [1.54, 1.807) is 0 Å². The summed E-state index contributed by atoms with van der Waals surface area (Å²) in [5, 5.41) is 2.15. The van der Waals surface area contributed by atoms with Gasteiger partial charge < -0.3 is 0 Å². The van der Waals surface area contributed by atoms with E-state index in [0.29, 0.717) is 0 Å². The third kappa shape index (κ3) is 3.16. The first-order valence-corrected chi connectivity index (χ1v) is 10.0. The minimum Gasteiger partial charge on any atom is -0.0936 e. The lowest BCUT2D eigenvalue weighted by molar-refractivity contribution is 1.36. The van der Waals surface area contributed by atoms with Crippen LogP contribution in [-0.2, 0) is 10.9 Å². The Kier molecular flexibility index (Phi) is 4.50. The molecular weight excluding hydrogens is 328 g/mol. The van der Waals surface area contributed by atoms with Crippen LogP contribution in [0.2, 0.25) is 0 Å². The van der Waals surface area contributed by atoms with E-state index in [2.05, 4.69) is 102 Å². The van der Waals surface area contributed by atoms with Crippen molar-refractivity contribution in [3.63, 3.8) is 0 Å². The Bertz CT molecular complexity index is 819. The Morgan fingerprint density at radius 2 is 1.00 bits per heavy atom. The number of rotatable bonds is 3. The molecule has 2 aromatic carbocycles. The van der Waals surface area contributed by atoms with Crippen LogP contribution in [0.4, 0.5) is 0 Å². The summed E-state index contributed by atoms with van der Waals surface area (Å²) in [6.45, 7) is 0. The maximum atomic E-state index is 2.23. The predicted octanol–water partition coefficient (Wildman–Crippen LogP) is 6.51. The Balaban J connectivity index is 0.000000201. The van der Waals surface area contributed by atoms with Gasteiger partial charge in [0.1, 0.15) is 10.9 Å². The average Bonchev–Trinajstić information content (AvgIpc) is 3.15. The average molecular weight is 346 g/mol. The van der Waals surface area contributed by atoms with Crippen LogP contribution in [0.3, 0.4) is 0 Å². The van der Waals surface area contributed by atoms with E-state index in [9.17, 15) is 0 Å². The summed E-state index contributed by atoms with van der Waals surface area (Å²) >= 11 is 1.83. The minimum absolute atomic E-state index is 0.0350. The molecular formula is C22H17S2+. The van der Waals surface area contributed by atoms with Gasteiger partial charge in [-0.15, -0.1) is 0 Å². The fourth-order valence-corrected chi connectivity index (χ4v) is 5.91. The second-order valence-corrected chi connectivity index (χ2v) is 8.64. The lowest BCUT2D eigenvalue weighted by atomic mass is 9.95. The summed E-state index contributed by atoms with van der Waals surface area (Å²) in [6.07, 6.45) is 0. The van der Waals surface area contributed by atoms with E-state index < -0.39 is 0 Å². The van der Waals surface area contributed by atoms with Crippen LogP contribution in [-0.4, -0.2) is 0 Å². The van der Waals surface area contributed by atoms with Crippen molar-refractivity contribution in [3.8, 4) is 11.1 Å². The highest BCUT2D eigenvalue weighted by atomic mass is 32.2. The molecule has 0 aliphatic heterocycles. The highest BCUT2D eigenvalue weighted by Gasteiger charge is 2.28. The predicted molar refractivity (Wildman–Crippen MR) is 105 cm³/mol. The smallest absolute Gasteiger partial charge is 0.0936 e. The van der Waals surface area contributed by atoms with Crippen molar-refractivity contribution in [2.24, 2.45) is 0 Å². The van der Waals surface area contributed by atoms with Crippen molar-refractivity contribution >= 4 is 22.2 Å². The summed E-state index contributed by atoms with van der Waals surface area (Å²) in [7, 11) is 0.0350. The van der Waals surface area contributed by atoms with Gasteiger partial charge in [0.05, 0.1) is 0 Å². The third-order valence-electron chi connectivity index (χ3n) is 3.87. The van der Waals surface area contributed by atoms with Gasteiger partial charge in [-0.1, -0.05) is 72.0 Å². The molecule has 0 amide bonds. The molecule has 0 N–H and O–H groups in total. The topological polar surface area (TPSA) is 0 Å². The normalized spacial score (nSPS) is 10.9. The number of thiophene rings is 1. The molecule has 2 aliphatic rings. The van der Waals surface area contributed by atoms with Crippen molar-refractivity contribution in [1.82, 2.24) is 0 Å². The van der Waals surface area contributed by atoms with Gasteiger partial charge in [-0.3, -0.25) is 0 Å². The second kappa shape index (κ2) is 7.08. The summed E-state index contributed by atoms with van der Waals surface area (Å²) in [4.78, 5) is 2.76. The van der Waals surface area contributed by atoms with Crippen molar-refractivity contribution in [2.45, 2.75) is 14.0 Å². The summed E-state index contributed by atoms with van der Waals surface area (Å²) in [6, 6.07) is 34.3. The van der Waals surface area contributed by atoms with E-state index in [1.165, 1.54) is 25.1 Å². The molecule has 0 unspecified atom stereocenters. The molecule has 0 fully saturated rings. The molecule has 3 aromatic rings. The van der Waals surface area contributed by atoms with Gasteiger partial charge in [-0.05, 0) is 46.8 Å². The van der Waals surface area contributed by atoms with Crippen LogP contribution >= 0.6 is 11.3 Å². The van der Waals surface area contributed by atoms with Gasteiger partial charge in [0, 0.05) is 6.07 Å². The minimum atomic E-state index is 0.0350. The zero-order valence-electron chi connectivity index (χ0n) is 13.1. The van der Waals surface area contributed by atoms with Gasteiger partial charge in [-0.2, -0.15) is 0 Å². The zero-order valence-corrected chi connectivity index (χ0v) is 14.8. The molecule has 1 aromatic heterocycles. The molecule has 116 valence electrons. The fraction of sp³-hybridized carbons (Fsp3) is 0. The van der Waals surface area contributed by atoms with Crippen LogP contribution < -0.4 is 0 Å². The van der Waals surface area contributed by atoms with Crippen molar-refractivity contribution in [1.29, 1.82) is 0 Å². The van der Waals surface area contributed by atoms with Gasteiger partial charge in [0.15, 0.2) is 9.79 Å². The van der Waals surface area contributed by atoms with Crippen LogP contribution in [0.25, 0.3) is 11.1 Å². The lowest BCUT2D eigenvalue weighted by Gasteiger charge is -2.10. The first-order valence-electron chi connectivity index (χ1n) is 7.90. The van der Waals surface area contributed by atoms with E-state index in [1.807, 2.05) is 11.3 Å². The number of hydrogen-bond donors (Lipinski definition) is 0. The van der Waals surface area contributed by atoms with E-state index in [4.69, 9.17) is 0 Å². The van der Waals surface area contributed by atoms with Gasteiger partial charge >= 0.3 is 0 Å². The van der Waals surface area contributed by atoms with Crippen molar-refractivity contribution in [2.75, 3.05) is 0 Å². The summed E-state index contributed by atoms with van der Waals surface area (Å²) in [5.41, 5.74) is 2.85. The molecule has 24 heavy (non-hydrogen) atoms. The fourth-order valence-electron chi connectivity index (χ4n) is 2.52. The monoisotopic (exact) mass is 345 g/mol. The van der Waals surface area contributed by atoms with Crippen LogP contribution in [0.15, 0.2) is 116 Å². The Morgan fingerprint density at radius 1 is 0.500 bits per heavy atom. The third-order valence-corrected chi connectivity index (χ3v) is 7.35. The van der Waals surface area contributed by atoms with Gasteiger partial charge in [-0.25, -0.2) is 0 Å². The highest BCUT2D eigenvalue weighted by molar-refractivity contribution is 7.98. The molecule has 0 saturated carbocycles. The van der Waals surface area contributed by atoms with Crippen LogP contribution in [0.1, 0.15) is 0 Å².